The molecule has 0 aromatic rings. The normalized spacial score (nSPS) is 8.89. The van der Waals surface area contributed by atoms with E-state index in [2.05, 4.69) is 0 Å². The molecule has 49 valence electrons. The molecule has 0 saturated heterocycles. The van der Waals surface area contributed by atoms with E-state index in [9.17, 15) is 0 Å². The Morgan fingerprint density at radius 1 is 1.44 bits per heavy atom. The van der Waals surface area contributed by atoms with E-state index in [-0.39, 0.29) is 7.12 Å². The SMILES string of the molecule is C[B]OB(C)OB(C)O. The maximum absolute atomic E-state index is 8.63. The predicted molar refractivity (Wildman–Crippen MR) is 39.2 cm³/mol. The fourth-order valence-corrected chi connectivity index (χ4v) is 0.501. The third-order valence-electron chi connectivity index (χ3n) is 0.716. The Balaban J connectivity index is 3.15. The Kier molecular flexibility index (Phi) is 4.95. The van der Waals surface area contributed by atoms with Gasteiger partial charge in [-0.15, -0.1) is 0 Å². The van der Waals surface area contributed by atoms with E-state index < -0.39 is 7.12 Å². The first kappa shape index (κ1) is 9.07. The summed E-state index contributed by atoms with van der Waals surface area (Å²) in [5, 5.41) is 8.63. The standard InChI is InChI=1S/C3H10B3O3/c1-4-8-6(3)9-5(2)7/h7H,1-3H3. The number of hydrogen-bond donors (Lipinski definition) is 1. The zero-order valence-electron chi connectivity index (χ0n) is 6.00. The van der Waals surface area contributed by atoms with Gasteiger partial charge in [-0.1, -0.05) is 6.82 Å². The molecule has 0 atom stereocenters. The highest BCUT2D eigenvalue weighted by Crippen LogP contribution is 1.88. The van der Waals surface area contributed by atoms with Gasteiger partial charge in [0.1, 0.15) is 0 Å². The molecule has 6 heteroatoms. The maximum Gasteiger partial charge on any atom is 0.437 e. The number of rotatable bonds is 4. The van der Waals surface area contributed by atoms with Crippen LogP contribution in [0.25, 0.3) is 0 Å². The van der Waals surface area contributed by atoms with Gasteiger partial charge in [0.05, 0.1) is 0 Å². The Bertz CT molecular complexity index is 69.3. The minimum absolute atomic E-state index is 0.366. The van der Waals surface area contributed by atoms with Crippen molar-refractivity contribution < 1.29 is 14.2 Å². The molecule has 1 radical (unpaired) electrons. The molecule has 0 aromatic heterocycles. The molecule has 0 saturated carbocycles. The Hall–Kier alpha value is 0.0748. The average molecular weight is 127 g/mol. The molecular formula is C3H10B3O3. The zero-order valence-corrected chi connectivity index (χ0v) is 6.00. The summed E-state index contributed by atoms with van der Waals surface area (Å²) < 4.78 is 9.64. The van der Waals surface area contributed by atoms with Crippen molar-refractivity contribution in [3.8, 4) is 0 Å². The Morgan fingerprint density at radius 2 is 2.00 bits per heavy atom. The smallest absolute Gasteiger partial charge is 0.437 e. The monoisotopic (exact) mass is 127 g/mol. The second-order valence-corrected chi connectivity index (χ2v) is 1.67. The van der Waals surface area contributed by atoms with E-state index in [1.807, 2.05) is 0 Å². The first-order valence-electron chi connectivity index (χ1n) is 2.93. The maximum atomic E-state index is 8.63. The molecule has 0 aliphatic heterocycles. The van der Waals surface area contributed by atoms with Crippen molar-refractivity contribution in [3.63, 3.8) is 0 Å². The number of hydrogen-bond acceptors (Lipinski definition) is 3. The molecule has 0 fully saturated rings. The van der Waals surface area contributed by atoms with Crippen molar-refractivity contribution in [2.24, 2.45) is 0 Å². The van der Waals surface area contributed by atoms with Crippen molar-refractivity contribution in [2.45, 2.75) is 20.5 Å². The lowest BCUT2D eigenvalue weighted by molar-refractivity contribution is 0.380. The summed E-state index contributed by atoms with van der Waals surface area (Å²) in [7, 11) is 0.391. The molecule has 0 aliphatic carbocycles. The summed E-state index contributed by atoms with van der Waals surface area (Å²) >= 11 is 0. The van der Waals surface area contributed by atoms with Crippen LogP contribution >= 0.6 is 0 Å². The lowest BCUT2D eigenvalue weighted by Crippen LogP contribution is -2.27. The summed E-state index contributed by atoms with van der Waals surface area (Å²) in [6.07, 6.45) is 0. The van der Waals surface area contributed by atoms with Crippen LogP contribution in [-0.2, 0) is 9.14 Å². The van der Waals surface area contributed by atoms with Crippen molar-refractivity contribution in [1.82, 2.24) is 0 Å². The highest BCUT2D eigenvalue weighted by atomic mass is 16.6. The van der Waals surface area contributed by atoms with Gasteiger partial charge in [0.2, 0.25) is 0 Å². The van der Waals surface area contributed by atoms with E-state index in [4.69, 9.17) is 14.2 Å². The Morgan fingerprint density at radius 3 is 2.33 bits per heavy atom. The molecule has 3 nitrogen and oxygen atoms in total. The molecule has 0 aliphatic rings. The van der Waals surface area contributed by atoms with E-state index >= 15 is 0 Å². The van der Waals surface area contributed by atoms with Crippen LogP contribution in [0.5, 0.6) is 0 Å². The van der Waals surface area contributed by atoms with Crippen molar-refractivity contribution >= 4 is 21.7 Å². The molecule has 0 rings (SSSR count). The quantitative estimate of drug-likeness (QED) is 0.536. The minimum Gasteiger partial charge on any atom is -0.479 e. The van der Waals surface area contributed by atoms with Crippen LogP contribution < -0.4 is 0 Å². The van der Waals surface area contributed by atoms with Gasteiger partial charge in [-0.05, 0) is 13.6 Å². The lowest BCUT2D eigenvalue weighted by Gasteiger charge is -2.08. The lowest BCUT2D eigenvalue weighted by atomic mass is 9.83. The molecule has 0 amide bonds. The summed E-state index contributed by atoms with van der Waals surface area (Å²) in [4.78, 5) is 0. The largest absolute Gasteiger partial charge is 0.479 e. The molecule has 0 heterocycles. The molecular weight excluding hydrogens is 116 g/mol. The highest BCUT2D eigenvalue weighted by Gasteiger charge is 2.14. The summed E-state index contributed by atoms with van der Waals surface area (Å²) in [5.74, 6) is 0. The van der Waals surface area contributed by atoms with Crippen molar-refractivity contribution in [2.75, 3.05) is 0 Å². The van der Waals surface area contributed by atoms with E-state index in [0.717, 1.165) is 0 Å². The Labute approximate surface area is 57.3 Å². The first-order valence-corrected chi connectivity index (χ1v) is 2.93. The van der Waals surface area contributed by atoms with Gasteiger partial charge in [-0.2, -0.15) is 0 Å². The van der Waals surface area contributed by atoms with Crippen molar-refractivity contribution in [3.05, 3.63) is 0 Å². The van der Waals surface area contributed by atoms with Crippen LogP contribution in [0.3, 0.4) is 0 Å². The van der Waals surface area contributed by atoms with Gasteiger partial charge in [0, 0.05) is 0 Å². The second-order valence-electron chi connectivity index (χ2n) is 1.67. The third kappa shape index (κ3) is 5.95. The van der Waals surface area contributed by atoms with Crippen LogP contribution in [-0.4, -0.2) is 26.7 Å². The van der Waals surface area contributed by atoms with Gasteiger partial charge < -0.3 is 14.2 Å². The van der Waals surface area contributed by atoms with E-state index in [0.29, 0.717) is 0 Å². The van der Waals surface area contributed by atoms with E-state index in [1.54, 1.807) is 13.6 Å². The van der Waals surface area contributed by atoms with Gasteiger partial charge in [0.15, 0.2) is 0 Å². The molecule has 0 aromatic carbocycles. The van der Waals surface area contributed by atoms with Crippen molar-refractivity contribution in [1.29, 1.82) is 0 Å². The van der Waals surface area contributed by atoms with Crippen LogP contribution in [0, 0.1) is 0 Å². The van der Waals surface area contributed by atoms with Crippen LogP contribution in [0.4, 0.5) is 0 Å². The minimum atomic E-state index is -0.764. The first-order chi connectivity index (χ1) is 4.16. The van der Waals surface area contributed by atoms with Gasteiger partial charge in [-0.25, -0.2) is 0 Å². The fraction of sp³-hybridized carbons (Fsp3) is 1.00. The van der Waals surface area contributed by atoms with Crippen LogP contribution in [0.1, 0.15) is 0 Å². The second kappa shape index (κ2) is 4.91. The predicted octanol–water partition coefficient (Wildman–Crippen LogP) is -0.0848. The molecule has 0 spiro atoms. The topological polar surface area (TPSA) is 38.7 Å². The molecule has 9 heavy (non-hydrogen) atoms. The summed E-state index contributed by atoms with van der Waals surface area (Å²) in [6.45, 7) is 5.00. The molecule has 1 N–H and O–H groups in total. The van der Waals surface area contributed by atoms with Crippen LogP contribution in [0.2, 0.25) is 20.5 Å². The van der Waals surface area contributed by atoms with Gasteiger partial charge in [-0.3, -0.25) is 0 Å². The van der Waals surface area contributed by atoms with Crippen LogP contribution in [0.15, 0.2) is 0 Å². The highest BCUT2D eigenvalue weighted by molar-refractivity contribution is 6.60. The fourth-order valence-electron chi connectivity index (χ4n) is 0.501. The summed E-state index contributed by atoms with van der Waals surface area (Å²) in [6, 6.07) is 0. The van der Waals surface area contributed by atoms with E-state index in [1.165, 1.54) is 14.3 Å². The summed E-state index contributed by atoms with van der Waals surface area (Å²) in [5.41, 5.74) is 0. The van der Waals surface area contributed by atoms with Gasteiger partial charge >= 0.3 is 14.2 Å². The zero-order chi connectivity index (χ0) is 7.28. The molecule has 0 unspecified atom stereocenters. The molecule has 0 bridgehead atoms. The average Bonchev–Trinajstić information content (AvgIpc) is 1.63. The third-order valence-corrected chi connectivity index (χ3v) is 0.716. The van der Waals surface area contributed by atoms with Gasteiger partial charge in [0.25, 0.3) is 7.48 Å².